The third kappa shape index (κ3) is 2.53. The topological polar surface area (TPSA) is 3.24 Å². The first kappa shape index (κ1) is 10.1. The lowest BCUT2D eigenvalue weighted by molar-refractivity contribution is 0.414. The molecule has 1 fully saturated rings. The molecular weight excluding hydrogens is 182 g/mol. The van der Waals surface area contributed by atoms with E-state index in [-0.39, 0.29) is 0 Å². The largest absolute Gasteiger partial charge is 0.372 e. The van der Waals surface area contributed by atoms with Crippen molar-refractivity contribution in [3.05, 3.63) is 30.3 Å². The zero-order chi connectivity index (χ0) is 10.5. The molecule has 1 aromatic carbocycles. The summed E-state index contributed by atoms with van der Waals surface area (Å²) >= 11 is 0. The summed E-state index contributed by atoms with van der Waals surface area (Å²) in [5, 5.41) is 0. The van der Waals surface area contributed by atoms with Gasteiger partial charge in [0.05, 0.1) is 0 Å². The van der Waals surface area contributed by atoms with Gasteiger partial charge in [0.2, 0.25) is 0 Å². The van der Waals surface area contributed by atoms with Crippen LogP contribution >= 0.6 is 0 Å². The van der Waals surface area contributed by atoms with E-state index >= 15 is 0 Å². The molecule has 78 valence electrons. The number of para-hydroxylation sites is 1. The van der Waals surface area contributed by atoms with E-state index in [1.807, 2.05) is 0 Å². The number of hydrogen-bond donors (Lipinski definition) is 0. The van der Waals surface area contributed by atoms with E-state index in [2.05, 4.69) is 41.2 Å². The molecule has 1 nitrogen and oxygen atoms in total. The van der Waals surface area contributed by atoms with Crippen LogP contribution in [0.1, 0.15) is 19.3 Å². The first-order valence-electron chi connectivity index (χ1n) is 5.63. The molecule has 0 atom stereocenters. The van der Waals surface area contributed by atoms with Crippen molar-refractivity contribution in [2.45, 2.75) is 19.3 Å². The molecule has 1 heteroatoms. The van der Waals surface area contributed by atoms with Crippen LogP contribution in [0.5, 0.6) is 0 Å². The van der Waals surface area contributed by atoms with Crippen LogP contribution in [-0.4, -0.2) is 13.1 Å². The van der Waals surface area contributed by atoms with Crippen molar-refractivity contribution >= 4 is 5.69 Å². The summed E-state index contributed by atoms with van der Waals surface area (Å²) in [6.45, 7) is 2.30. The Kier molecular flexibility index (Phi) is 3.29. The second-order valence-electron chi connectivity index (χ2n) is 4.17. The average Bonchev–Trinajstić information content (AvgIpc) is 2.32. The minimum absolute atomic E-state index is 0.745. The van der Waals surface area contributed by atoms with Crippen LogP contribution in [0.15, 0.2) is 30.3 Å². The summed E-state index contributed by atoms with van der Waals surface area (Å²) in [4.78, 5) is 2.45. The van der Waals surface area contributed by atoms with E-state index in [9.17, 15) is 0 Å². The second kappa shape index (κ2) is 4.89. The minimum atomic E-state index is 0.745. The molecule has 0 aromatic heterocycles. The van der Waals surface area contributed by atoms with Crippen molar-refractivity contribution in [3.8, 4) is 12.3 Å². The van der Waals surface area contributed by atoms with Gasteiger partial charge in [0.1, 0.15) is 0 Å². The standard InChI is InChI=1S/C14H17N/c1-2-6-13-9-11-15(12-10-13)14-7-4-3-5-8-14/h1,3-5,7-8,13H,6,9-12H2. The summed E-state index contributed by atoms with van der Waals surface area (Å²) in [5.74, 6) is 3.52. The molecule has 0 amide bonds. The fourth-order valence-corrected chi connectivity index (χ4v) is 2.20. The first-order valence-corrected chi connectivity index (χ1v) is 5.63. The molecule has 0 aliphatic carbocycles. The molecular formula is C14H17N. The molecule has 1 saturated heterocycles. The highest BCUT2D eigenvalue weighted by molar-refractivity contribution is 5.46. The van der Waals surface area contributed by atoms with Crippen LogP contribution in [-0.2, 0) is 0 Å². The van der Waals surface area contributed by atoms with Crippen LogP contribution in [0.4, 0.5) is 5.69 Å². The average molecular weight is 199 g/mol. The van der Waals surface area contributed by atoms with Crippen molar-refractivity contribution in [2.75, 3.05) is 18.0 Å². The van der Waals surface area contributed by atoms with Crippen LogP contribution in [0.25, 0.3) is 0 Å². The maximum Gasteiger partial charge on any atom is 0.0366 e. The Labute approximate surface area is 92.1 Å². The van der Waals surface area contributed by atoms with Gasteiger partial charge >= 0.3 is 0 Å². The minimum Gasteiger partial charge on any atom is -0.372 e. The van der Waals surface area contributed by atoms with Crippen LogP contribution in [0, 0.1) is 18.3 Å². The molecule has 0 spiro atoms. The third-order valence-corrected chi connectivity index (χ3v) is 3.14. The molecule has 1 aromatic rings. The maximum atomic E-state index is 5.34. The Bertz CT molecular complexity index is 328. The fraction of sp³-hybridized carbons (Fsp3) is 0.429. The number of rotatable bonds is 2. The van der Waals surface area contributed by atoms with Crippen molar-refractivity contribution in [1.29, 1.82) is 0 Å². The highest BCUT2D eigenvalue weighted by Gasteiger charge is 2.18. The summed E-state index contributed by atoms with van der Waals surface area (Å²) in [7, 11) is 0. The van der Waals surface area contributed by atoms with Crippen LogP contribution in [0.2, 0.25) is 0 Å². The van der Waals surface area contributed by atoms with E-state index < -0.39 is 0 Å². The van der Waals surface area contributed by atoms with E-state index in [4.69, 9.17) is 6.42 Å². The van der Waals surface area contributed by atoms with Crippen molar-refractivity contribution < 1.29 is 0 Å². The van der Waals surface area contributed by atoms with E-state index in [0.29, 0.717) is 0 Å². The molecule has 1 aliphatic heterocycles. The Morgan fingerprint density at radius 2 is 1.87 bits per heavy atom. The normalized spacial score (nSPS) is 17.4. The summed E-state index contributed by atoms with van der Waals surface area (Å²) in [5.41, 5.74) is 1.34. The second-order valence-corrected chi connectivity index (χ2v) is 4.17. The lowest BCUT2D eigenvalue weighted by Gasteiger charge is -2.32. The van der Waals surface area contributed by atoms with Gasteiger partial charge < -0.3 is 4.90 Å². The SMILES string of the molecule is C#CCC1CCN(c2ccccc2)CC1. The fourth-order valence-electron chi connectivity index (χ4n) is 2.20. The lowest BCUT2D eigenvalue weighted by Crippen LogP contribution is -2.33. The Morgan fingerprint density at radius 1 is 1.20 bits per heavy atom. The van der Waals surface area contributed by atoms with Gasteiger partial charge in [0.15, 0.2) is 0 Å². The summed E-state index contributed by atoms with van der Waals surface area (Å²) in [6.07, 6.45) is 8.76. The van der Waals surface area contributed by atoms with Gasteiger partial charge in [-0.1, -0.05) is 18.2 Å². The molecule has 0 unspecified atom stereocenters. The van der Waals surface area contributed by atoms with Gasteiger partial charge in [-0.05, 0) is 30.9 Å². The number of piperidine rings is 1. The van der Waals surface area contributed by atoms with Gasteiger partial charge in [-0.15, -0.1) is 12.3 Å². The molecule has 0 bridgehead atoms. The highest BCUT2D eigenvalue weighted by Crippen LogP contribution is 2.24. The third-order valence-electron chi connectivity index (χ3n) is 3.14. The van der Waals surface area contributed by atoms with Gasteiger partial charge in [0, 0.05) is 25.2 Å². The molecule has 0 N–H and O–H groups in total. The summed E-state index contributed by atoms with van der Waals surface area (Å²) in [6, 6.07) is 10.6. The molecule has 15 heavy (non-hydrogen) atoms. The van der Waals surface area contributed by atoms with Gasteiger partial charge in [-0.3, -0.25) is 0 Å². The highest BCUT2D eigenvalue weighted by atomic mass is 15.1. The lowest BCUT2D eigenvalue weighted by atomic mass is 9.94. The number of hydrogen-bond acceptors (Lipinski definition) is 1. The van der Waals surface area contributed by atoms with Crippen molar-refractivity contribution in [2.24, 2.45) is 5.92 Å². The number of benzene rings is 1. The van der Waals surface area contributed by atoms with E-state index in [1.165, 1.54) is 18.5 Å². The maximum absolute atomic E-state index is 5.34. The zero-order valence-electron chi connectivity index (χ0n) is 9.02. The van der Waals surface area contributed by atoms with Crippen molar-refractivity contribution in [1.82, 2.24) is 0 Å². The zero-order valence-corrected chi connectivity index (χ0v) is 9.02. The predicted molar refractivity (Wildman–Crippen MR) is 64.8 cm³/mol. The molecule has 0 saturated carbocycles. The smallest absolute Gasteiger partial charge is 0.0366 e. The van der Waals surface area contributed by atoms with Gasteiger partial charge in [-0.25, -0.2) is 0 Å². The quantitative estimate of drug-likeness (QED) is 0.662. The van der Waals surface area contributed by atoms with Crippen LogP contribution in [0.3, 0.4) is 0 Å². The Balaban J connectivity index is 1.92. The Morgan fingerprint density at radius 3 is 2.47 bits per heavy atom. The molecule has 0 radical (unpaired) electrons. The number of terminal acetylenes is 1. The molecule has 2 rings (SSSR count). The Hall–Kier alpha value is -1.42. The first-order chi connectivity index (χ1) is 7.40. The predicted octanol–water partition coefficient (Wildman–Crippen LogP) is 2.93. The van der Waals surface area contributed by atoms with Crippen molar-refractivity contribution in [3.63, 3.8) is 0 Å². The van der Waals surface area contributed by atoms with E-state index in [1.54, 1.807) is 0 Å². The molecule has 1 heterocycles. The number of anilines is 1. The van der Waals surface area contributed by atoms with Gasteiger partial charge in [0.25, 0.3) is 0 Å². The molecule has 1 aliphatic rings. The van der Waals surface area contributed by atoms with Crippen LogP contribution < -0.4 is 4.90 Å². The monoisotopic (exact) mass is 199 g/mol. The van der Waals surface area contributed by atoms with E-state index in [0.717, 1.165) is 25.4 Å². The van der Waals surface area contributed by atoms with Gasteiger partial charge in [-0.2, -0.15) is 0 Å². The summed E-state index contributed by atoms with van der Waals surface area (Å²) < 4.78 is 0. The number of nitrogens with zero attached hydrogens (tertiary/aromatic N) is 1.